The number of hydrogen-bond donors (Lipinski definition) is 2. The van der Waals surface area contributed by atoms with Crippen molar-refractivity contribution < 1.29 is 9.47 Å². The average Bonchev–Trinajstić information content (AvgIpc) is 2.99. The zero-order valence-corrected chi connectivity index (χ0v) is 13.6. The topological polar surface area (TPSA) is 42.5 Å². The van der Waals surface area contributed by atoms with Crippen LogP contribution in [0.1, 0.15) is 44.7 Å². The van der Waals surface area contributed by atoms with Gasteiger partial charge in [0, 0.05) is 29.8 Å². The molecule has 0 aliphatic carbocycles. The van der Waals surface area contributed by atoms with Crippen molar-refractivity contribution in [2.75, 3.05) is 20.8 Å². The Morgan fingerprint density at radius 1 is 1.29 bits per heavy atom. The highest BCUT2D eigenvalue weighted by atomic mass is 16.5. The van der Waals surface area contributed by atoms with Crippen LogP contribution in [0, 0.1) is 0 Å². The van der Waals surface area contributed by atoms with E-state index in [2.05, 4.69) is 30.5 Å². The van der Waals surface area contributed by atoms with Gasteiger partial charge in [0.25, 0.3) is 0 Å². The fraction of sp³-hybridized carbons (Fsp3) is 0.647. The number of benzene rings is 1. The van der Waals surface area contributed by atoms with E-state index < -0.39 is 0 Å². The average molecular weight is 292 g/mol. The Morgan fingerprint density at radius 2 is 2.10 bits per heavy atom. The first-order chi connectivity index (χ1) is 10.1. The molecule has 2 rings (SSSR count). The van der Waals surface area contributed by atoms with E-state index in [0.29, 0.717) is 12.1 Å². The minimum atomic E-state index is 0.252. The summed E-state index contributed by atoms with van der Waals surface area (Å²) in [5.74, 6) is 1.70. The Morgan fingerprint density at radius 3 is 2.71 bits per heavy atom. The number of rotatable bonds is 7. The van der Waals surface area contributed by atoms with Gasteiger partial charge >= 0.3 is 0 Å². The quantitative estimate of drug-likeness (QED) is 0.811. The highest BCUT2D eigenvalue weighted by molar-refractivity contribution is 5.42. The number of methoxy groups -OCH3 is 2. The lowest BCUT2D eigenvalue weighted by atomic mass is 10.0. The van der Waals surface area contributed by atoms with Gasteiger partial charge in [-0.05, 0) is 45.7 Å². The molecule has 1 heterocycles. The predicted molar refractivity (Wildman–Crippen MR) is 86.2 cm³/mol. The van der Waals surface area contributed by atoms with Crippen molar-refractivity contribution in [1.29, 1.82) is 0 Å². The third kappa shape index (κ3) is 4.35. The Bertz CT molecular complexity index is 444. The summed E-state index contributed by atoms with van der Waals surface area (Å²) in [6.45, 7) is 5.61. The number of ether oxygens (including phenoxy) is 2. The normalized spacial score (nSPS) is 21.0. The van der Waals surface area contributed by atoms with E-state index in [-0.39, 0.29) is 6.04 Å². The molecule has 1 aromatic carbocycles. The standard InChI is InChI=1S/C17H28N2O2/c1-12(10-14-6-5-9-18-14)19-13(2)16-8-7-15(20-3)11-17(16)21-4/h7-8,11-14,18-19H,5-6,9-10H2,1-4H3. The summed E-state index contributed by atoms with van der Waals surface area (Å²) in [5, 5.41) is 7.23. The first-order valence-electron chi connectivity index (χ1n) is 7.85. The summed E-state index contributed by atoms with van der Waals surface area (Å²) in [4.78, 5) is 0. The van der Waals surface area contributed by atoms with Gasteiger partial charge in [0.1, 0.15) is 11.5 Å². The van der Waals surface area contributed by atoms with E-state index in [1.165, 1.54) is 31.4 Å². The maximum atomic E-state index is 5.49. The van der Waals surface area contributed by atoms with Gasteiger partial charge in [0.2, 0.25) is 0 Å². The van der Waals surface area contributed by atoms with E-state index in [9.17, 15) is 0 Å². The van der Waals surface area contributed by atoms with Crippen LogP contribution >= 0.6 is 0 Å². The molecular formula is C17H28N2O2. The second kappa shape index (κ2) is 7.66. The molecule has 21 heavy (non-hydrogen) atoms. The molecule has 0 amide bonds. The van der Waals surface area contributed by atoms with Gasteiger partial charge in [-0.1, -0.05) is 6.07 Å². The molecule has 2 N–H and O–H groups in total. The Labute approximate surface area is 128 Å². The zero-order chi connectivity index (χ0) is 15.2. The fourth-order valence-electron chi connectivity index (χ4n) is 3.15. The molecule has 1 aliphatic rings. The smallest absolute Gasteiger partial charge is 0.127 e. The Balaban J connectivity index is 1.96. The van der Waals surface area contributed by atoms with Gasteiger partial charge in [0.05, 0.1) is 14.2 Å². The molecule has 3 unspecified atom stereocenters. The highest BCUT2D eigenvalue weighted by Crippen LogP contribution is 2.29. The van der Waals surface area contributed by atoms with Crippen LogP contribution in [0.2, 0.25) is 0 Å². The van der Waals surface area contributed by atoms with Gasteiger partial charge in [0.15, 0.2) is 0 Å². The molecular weight excluding hydrogens is 264 g/mol. The van der Waals surface area contributed by atoms with Crippen LogP contribution in [-0.2, 0) is 0 Å². The molecule has 1 saturated heterocycles. The van der Waals surface area contributed by atoms with Crippen LogP contribution in [-0.4, -0.2) is 32.8 Å². The SMILES string of the molecule is COc1ccc(C(C)NC(C)CC2CCCN2)c(OC)c1. The van der Waals surface area contributed by atoms with Gasteiger partial charge in [-0.3, -0.25) is 0 Å². The molecule has 0 saturated carbocycles. The summed E-state index contributed by atoms with van der Waals surface area (Å²) < 4.78 is 10.7. The van der Waals surface area contributed by atoms with E-state index in [1.807, 2.05) is 12.1 Å². The van der Waals surface area contributed by atoms with Crippen molar-refractivity contribution in [3.63, 3.8) is 0 Å². The summed E-state index contributed by atoms with van der Waals surface area (Å²) in [7, 11) is 3.38. The Hall–Kier alpha value is -1.26. The monoisotopic (exact) mass is 292 g/mol. The van der Waals surface area contributed by atoms with E-state index in [4.69, 9.17) is 9.47 Å². The number of hydrogen-bond acceptors (Lipinski definition) is 4. The molecule has 0 radical (unpaired) electrons. The molecule has 1 fully saturated rings. The first-order valence-corrected chi connectivity index (χ1v) is 7.85. The van der Waals surface area contributed by atoms with Crippen LogP contribution in [0.5, 0.6) is 11.5 Å². The molecule has 0 spiro atoms. The minimum absolute atomic E-state index is 0.252. The first kappa shape index (κ1) is 16.1. The largest absolute Gasteiger partial charge is 0.497 e. The van der Waals surface area contributed by atoms with Crippen molar-refractivity contribution >= 4 is 0 Å². The summed E-state index contributed by atoms with van der Waals surface area (Å²) >= 11 is 0. The molecule has 4 heteroatoms. The van der Waals surface area contributed by atoms with Crippen LogP contribution in [0.15, 0.2) is 18.2 Å². The second-order valence-electron chi connectivity index (χ2n) is 5.93. The second-order valence-corrected chi connectivity index (χ2v) is 5.93. The summed E-state index contributed by atoms with van der Waals surface area (Å²) in [6.07, 6.45) is 3.77. The minimum Gasteiger partial charge on any atom is -0.497 e. The predicted octanol–water partition coefficient (Wildman–Crippen LogP) is 2.89. The highest BCUT2D eigenvalue weighted by Gasteiger charge is 2.19. The summed E-state index contributed by atoms with van der Waals surface area (Å²) in [6, 6.07) is 7.40. The van der Waals surface area contributed by atoms with Crippen molar-refractivity contribution in [1.82, 2.24) is 10.6 Å². The van der Waals surface area contributed by atoms with Gasteiger partial charge in [-0.15, -0.1) is 0 Å². The van der Waals surface area contributed by atoms with Crippen LogP contribution in [0.3, 0.4) is 0 Å². The van der Waals surface area contributed by atoms with Gasteiger partial charge < -0.3 is 20.1 Å². The van der Waals surface area contributed by atoms with E-state index in [0.717, 1.165) is 11.5 Å². The number of nitrogens with one attached hydrogen (secondary N) is 2. The molecule has 0 bridgehead atoms. The third-order valence-electron chi connectivity index (χ3n) is 4.24. The lowest BCUT2D eigenvalue weighted by molar-refractivity contribution is 0.373. The fourth-order valence-corrected chi connectivity index (χ4v) is 3.15. The van der Waals surface area contributed by atoms with Crippen molar-refractivity contribution in [2.45, 2.75) is 51.2 Å². The van der Waals surface area contributed by atoms with Crippen LogP contribution in [0.25, 0.3) is 0 Å². The lowest BCUT2D eigenvalue weighted by Crippen LogP contribution is -2.35. The van der Waals surface area contributed by atoms with Crippen LogP contribution < -0.4 is 20.1 Å². The van der Waals surface area contributed by atoms with Crippen molar-refractivity contribution in [2.24, 2.45) is 0 Å². The van der Waals surface area contributed by atoms with Crippen molar-refractivity contribution in [3.8, 4) is 11.5 Å². The van der Waals surface area contributed by atoms with Crippen molar-refractivity contribution in [3.05, 3.63) is 23.8 Å². The van der Waals surface area contributed by atoms with E-state index >= 15 is 0 Å². The molecule has 118 valence electrons. The molecule has 3 atom stereocenters. The van der Waals surface area contributed by atoms with Gasteiger partial charge in [-0.25, -0.2) is 0 Å². The Kier molecular flexibility index (Phi) is 5.88. The molecule has 1 aromatic rings. The molecule has 0 aromatic heterocycles. The van der Waals surface area contributed by atoms with Crippen LogP contribution in [0.4, 0.5) is 0 Å². The molecule has 4 nitrogen and oxygen atoms in total. The maximum Gasteiger partial charge on any atom is 0.127 e. The maximum absolute atomic E-state index is 5.49. The lowest BCUT2D eigenvalue weighted by Gasteiger charge is -2.24. The third-order valence-corrected chi connectivity index (χ3v) is 4.24. The van der Waals surface area contributed by atoms with E-state index in [1.54, 1.807) is 14.2 Å². The molecule has 1 aliphatic heterocycles. The zero-order valence-electron chi connectivity index (χ0n) is 13.6. The summed E-state index contributed by atoms with van der Waals surface area (Å²) in [5.41, 5.74) is 1.17. The van der Waals surface area contributed by atoms with Gasteiger partial charge in [-0.2, -0.15) is 0 Å².